The van der Waals surface area contributed by atoms with Crippen LogP contribution in [0.5, 0.6) is 5.75 Å². The molecule has 0 heterocycles. The molecule has 0 fully saturated rings. The molecule has 3 nitrogen and oxygen atoms in total. The van der Waals surface area contributed by atoms with Crippen molar-refractivity contribution in [3.05, 3.63) is 30.3 Å². The summed E-state index contributed by atoms with van der Waals surface area (Å²) < 4.78 is 11.6. The lowest BCUT2D eigenvalue weighted by Crippen LogP contribution is -2.35. The van der Waals surface area contributed by atoms with E-state index in [4.69, 9.17) is 9.47 Å². The monoisotopic (exact) mass is 279 g/mol. The number of rotatable bonds is 10. The largest absolute Gasteiger partial charge is 0.491 e. The van der Waals surface area contributed by atoms with Crippen molar-refractivity contribution in [2.24, 2.45) is 11.8 Å². The lowest BCUT2D eigenvalue weighted by molar-refractivity contribution is 0.00769. The first-order chi connectivity index (χ1) is 9.59. The second kappa shape index (κ2) is 9.78. The van der Waals surface area contributed by atoms with Crippen LogP contribution >= 0.6 is 0 Å². The number of ether oxygens (including phenoxy) is 2. The van der Waals surface area contributed by atoms with Gasteiger partial charge in [-0.15, -0.1) is 0 Å². The zero-order valence-electron chi connectivity index (χ0n) is 13.3. The van der Waals surface area contributed by atoms with E-state index in [9.17, 15) is 0 Å². The molecule has 1 unspecified atom stereocenters. The maximum Gasteiger partial charge on any atom is 0.119 e. The van der Waals surface area contributed by atoms with Crippen molar-refractivity contribution < 1.29 is 9.47 Å². The van der Waals surface area contributed by atoms with Gasteiger partial charge in [-0.05, 0) is 30.5 Å². The Kier molecular flexibility index (Phi) is 8.31. The van der Waals surface area contributed by atoms with Crippen LogP contribution in [0.15, 0.2) is 30.3 Å². The van der Waals surface area contributed by atoms with Crippen molar-refractivity contribution in [1.82, 2.24) is 5.32 Å². The van der Waals surface area contributed by atoms with Crippen LogP contribution in [0.1, 0.15) is 27.7 Å². The number of para-hydroxylation sites is 1. The van der Waals surface area contributed by atoms with Gasteiger partial charge >= 0.3 is 0 Å². The Bertz CT molecular complexity index is 338. The predicted molar refractivity (Wildman–Crippen MR) is 84.2 cm³/mol. The van der Waals surface area contributed by atoms with Gasteiger partial charge in [0.15, 0.2) is 0 Å². The normalized spacial score (nSPS) is 12.9. The molecule has 1 aromatic rings. The first-order valence-electron chi connectivity index (χ1n) is 7.59. The van der Waals surface area contributed by atoms with Crippen LogP contribution in [0.3, 0.4) is 0 Å². The van der Waals surface area contributed by atoms with Gasteiger partial charge in [0.1, 0.15) is 12.4 Å². The van der Waals surface area contributed by atoms with Crippen LogP contribution in [0.2, 0.25) is 0 Å². The molecule has 0 radical (unpaired) electrons. The molecular formula is C17H29NO2. The molecule has 0 saturated heterocycles. The second-order valence-corrected chi connectivity index (χ2v) is 5.87. The fourth-order valence-electron chi connectivity index (χ4n) is 1.88. The first kappa shape index (κ1) is 17.0. The molecule has 1 rings (SSSR count). The standard InChI is InChI=1S/C17H29NO2/c1-14(2)12-18-13-17(15(3)4)20-11-10-19-16-8-6-5-7-9-16/h5-9,14-15,17-18H,10-13H2,1-4H3. The Hall–Kier alpha value is -1.06. The minimum atomic E-state index is 0.244. The van der Waals surface area contributed by atoms with Crippen LogP contribution < -0.4 is 10.1 Å². The second-order valence-electron chi connectivity index (χ2n) is 5.87. The SMILES string of the molecule is CC(C)CNCC(OCCOc1ccccc1)C(C)C. The summed E-state index contributed by atoms with van der Waals surface area (Å²) in [5.41, 5.74) is 0. The molecule has 0 aliphatic rings. The summed E-state index contributed by atoms with van der Waals surface area (Å²) in [5.74, 6) is 2.07. The maximum atomic E-state index is 5.92. The topological polar surface area (TPSA) is 30.5 Å². The number of hydrogen-bond donors (Lipinski definition) is 1. The average molecular weight is 279 g/mol. The molecule has 0 bridgehead atoms. The summed E-state index contributed by atoms with van der Waals surface area (Å²) in [6, 6.07) is 9.86. The molecule has 114 valence electrons. The van der Waals surface area contributed by atoms with Crippen molar-refractivity contribution >= 4 is 0 Å². The predicted octanol–water partition coefficient (Wildman–Crippen LogP) is 3.35. The third kappa shape index (κ3) is 7.51. The molecule has 0 spiro atoms. The van der Waals surface area contributed by atoms with E-state index in [-0.39, 0.29) is 6.10 Å². The third-order valence-electron chi connectivity index (χ3n) is 3.07. The van der Waals surface area contributed by atoms with Crippen LogP contribution in [0, 0.1) is 11.8 Å². The van der Waals surface area contributed by atoms with E-state index in [1.807, 2.05) is 30.3 Å². The first-order valence-corrected chi connectivity index (χ1v) is 7.59. The Balaban J connectivity index is 2.18. The van der Waals surface area contributed by atoms with Crippen molar-refractivity contribution in [3.63, 3.8) is 0 Å². The molecule has 1 aromatic carbocycles. The summed E-state index contributed by atoms with van der Waals surface area (Å²) in [6.45, 7) is 12.0. The number of nitrogens with one attached hydrogen (secondary N) is 1. The van der Waals surface area contributed by atoms with E-state index in [2.05, 4.69) is 33.0 Å². The summed E-state index contributed by atoms with van der Waals surface area (Å²) in [4.78, 5) is 0. The summed E-state index contributed by atoms with van der Waals surface area (Å²) >= 11 is 0. The van der Waals surface area contributed by atoms with E-state index >= 15 is 0 Å². The quantitative estimate of drug-likeness (QED) is 0.666. The molecular weight excluding hydrogens is 250 g/mol. The highest BCUT2D eigenvalue weighted by atomic mass is 16.5. The summed E-state index contributed by atoms with van der Waals surface area (Å²) in [7, 11) is 0. The highest BCUT2D eigenvalue weighted by Gasteiger charge is 2.13. The van der Waals surface area contributed by atoms with Gasteiger partial charge in [-0.25, -0.2) is 0 Å². The van der Waals surface area contributed by atoms with Crippen molar-refractivity contribution in [3.8, 4) is 5.75 Å². The van der Waals surface area contributed by atoms with Gasteiger partial charge in [-0.1, -0.05) is 45.9 Å². The fourth-order valence-corrected chi connectivity index (χ4v) is 1.88. The highest BCUT2D eigenvalue weighted by molar-refractivity contribution is 5.20. The van der Waals surface area contributed by atoms with Gasteiger partial charge in [-0.3, -0.25) is 0 Å². The van der Waals surface area contributed by atoms with Crippen LogP contribution in [0.25, 0.3) is 0 Å². The lowest BCUT2D eigenvalue weighted by Gasteiger charge is -2.22. The Morgan fingerprint density at radius 2 is 1.65 bits per heavy atom. The summed E-state index contributed by atoms with van der Waals surface area (Å²) in [6.07, 6.45) is 0.244. The third-order valence-corrected chi connectivity index (χ3v) is 3.07. The molecule has 0 aliphatic heterocycles. The van der Waals surface area contributed by atoms with E-state index in [1.54, 1.807) is 0 Å². The highest BCUT2D eigenvalue weighted by Crippen LogP contribution is 2.09. The summed E-state index contributed by atoms with van der Waals surface area (Å²) in [5, 5.41) is 3.46. The molecule has 0 amide bonds. The molecule has 1 N–H and O–H groups in total. The van der Waals surface area contributed by atoms with Gasteiger partial charge in [0.25, 0.3) is 0 Å². The smallest absolute Gasteiger partial charge is 0.119 e. The van der Waals surface area contributed by atoms with E-state index in [0.717, 1.165) is 18.8 Å². The molecule has 1 atom stereocenters. The Labute approximate surface area is 123 Å². The van der Waals surface area contributed by atoms with Gasteiger partial charge in [0.05, 0.1) is 12.7 Å². The minimum Gasteiger partial charge on any atom is -0.491 e. The van der Waals surface area contributed by atoms with Gasteiger partial charge in [0, 0.05) is 6.54 Å². The van der Waals surface area contributed by atoms with Gasteiger partial charge in [0.2, 0.25) is 0 Å². The van der Waals surface area contributed by atoms with E-state index in [0.29, 0.717) is 25.0 Å². The molecule has 3 heteroatoms. The van der Waals surface area contributed by atoms with E-state index in [1.165, 1.54) is 0 Å². The minimum absolute atomic E-state index is 0.244. The van der Waals surface area contributed by atoms with Gasteiger partial charge < -0.3 is 14.8 Å². The Morgan fingerprint density at radius 1 is 0.950 bits per heavy atom. The zero-order valence-corrected chi connectivity index (χ0v) is 13.3. The van der Waals surface area contributed by atoms with E-state index < -0.39 is 0 Å². The molecule has 0 aliphatic carbocycles. The van der Waals surface area contributed by atoms with Gasteiger partial charge in [-0.2, -0.15) is 0 Å². The van der Waals surface area contributed by atoms with Crippen LogP contribution in [0.4, 0.5) is 0 Å². The number of hydrogen-bond acceptors (Lipinski definition) is 3. The zero-order chi connectivity index (χ0) is 14.8. The fraction of sp³-hybridized carbons (Fsp3) is 0.647. The lowest BCUT2D eigenvalue weighted by atomic mass is 10.1. The van der Waals surface area contributed by atoms with Crippen molar-refractivity contribution in [2.45, 2.75) is 33.8 Å². The molecule has 20 heavy (non-hydrogen) atoms. The van der Waals surface area contributed by atoms with Crippen LogP contribution in [-0.4, -0.2) is 32.4 Å². The molecule has 0 aromatic heterocycles. The Morgan fingerprint density at radius 3 is 2.25 bits per heavy atom. The molecule has 0 saturated carbocycles. The maximum absolute atomic E-state index is 5.92. The van der Waals surface area contributed by atoms with Crippen molar-refractivity contribution in [2.75, 3.05) is 26.3 Å². The van der Waals surface area contributed by atoms with Crippen molar-refractivity contribution in [1.29, 1.82) is 0 Å². The number of benzene rings is 1. The average Bonchev–Trinajstić information content (AvgIpc) is 2.42. The van der Waals surface area contributed by atoms with Crippen LogP contribution in [-0.2, 0) is 4.74 Å².